The van der Waals surface area contributed by atoms with Gasteiger partial charge in [-0.3, -0.25) is 4.90 Å². The summed E-state index contributed by atoms with van der Waals surface area (Å²) < 4.78 is 11.6. The van der Waals surface area contributed by atoms with Gasteiger partial charge in [-0.1, -0.05) is 19.1 Å². The minimum atomic E-state index is 0.396. The Kier molecular flexibility index (Phi) is 6.31. The summed E-state index contributed by atoms with van der Waals surface area (Å²) in [5.41, 5.74) is 1.42. The molecule has 0 bridgehead atoms. The number of nitrogens with zero attached hydrogens (tertiary/aromatic N) is 1. The first kappa shape index (κ1) is 16.7. The molecule has 0 saturated carbocycles. The molecule has 2 aliphatic rings. The first-order chi connectivity index (χ1) is 11.3. The van der Waals surface area contributed by atoms with Crippen LogP contribution in [0, 0.1) is 5.92 Å². The first-order valence-corrected chi connectivity index (χ1v) is 9.10. The number of hydrogen-bond acceptors (Lipinski definition) is 4. The normalized spacial score (nSPS) is 25.6. The van der Waals surface area contributed by atoms with Crippen molar-refractivity contribution in [1.82, 2.24) is 10.2 Å². The highest BCUT2D eigenvalue weighted by Crippen LogP contribution is 2.18. The molecule has 4 heteroatoms. The lowest BCUT2D eigenvalue weighted by Crippen LogP contribution is -2.43. The molecule has 128 valence electrons. The molecule has 2 saturated heterocycles. The zero-order chi connectivity index (χ0) is 15.9. The second kappa shape index (κ2) is 8.67. The zero-order valence-electron chi connectivity index (χ0n) is 14.3. The molecule has 23 heavy (non-hydrogen) atoms. The second-order valence-electron chi connectivity index (χ2n) is 6.76. The van der Waals surface area contributed by atoms with E-state index in [2.05, 4.69) is 41.4 Å². The number of nitrogens with one attached hydrogen (secondary N) is 1. The predicted molar refractivity (Wildman–Crippen MR) is 93.1 cm³/mol. The van der Waals surface area contributed by atoms with Crippen LogP contribution in [-0.4, -0.2) is 56.9 Å². The van der Waals surface area contributed by atoms with Gasteiger partial charge in [0.15, 0.2) is 0 Å². The summed E-state index contributed by atoms with van der Waals surface area (Å²) in [6.07, 6.45) is 3.97. The average molecular weight is 318 g/mol. The molecule has 2 heterocycles. The molecular formula is C19H30N2O2. The minimum absolute atomic E-state index is 0.396. The van der Waals surface area contributed by atoms with Gasteiger partial charge in [-0.25, -0.2) is 0 Å². The SMILES string of the molecule is CCC1CN(CCOc2ccc(CC3CCNC3)cc2)CCO1. The van der Waals surface area contributed by atoms with E-state index in [1.165, 1.54) is 24.9 Å². The largest absolute Gasteiger partial charge is 0.492 e. The van der Waals surface area contributed by atoms with Crippen LogP contribution in [0.5, 0.6) is 5.75 Å². The Morgan fingerprint density at radius 2 is 2.17 bits per heavy atom. The number of rotatable bonds is 7. The van der Waals surface area contributed by atoms with E-state index in [-0.39, 0.29) is 0 Å². The summed E-state index contributed by atoms with van der Waals surface area (Å²) in [7, 11) is 0. The van der Waals surface area contributed by atoms with E-state index < -0.39 is 0 Å². The van der Waals surface area contributed by atoms with Gasteiger partial charge >= 0.3 is 0 Å². The minimum Gasteiger partial charge on any atom is -0.492 e. The van der Waals surface area contributed by atoms with Crippen LogP contribution in [0.1, 0.15) is 25.3 Å². The maximum atomic E-state index is 5.91. The quantitative estimate of drug-likeness (QED) is 0.837. The van der Waals surface area contributed by atoms with Crippen molar-refractivity contribution in [1.29, 1.82) is 0 Å². The Morgan fingerprint density at radius 1 is 1.30 bits per heavy atom. The summed E-state index contributed by atoms with van der Waals surface area (Å²) in [5, 5.41) is 3.43. The topological polar surface area (TPSA) is 33.7 Å². The van der Waals surface area contributed by atoms with Gasteiger partial charge in [0.2, 0.25) is 0 Å². The smallest absolute Gasteiger partial charge is 0.119 e. The lowest BCUT2D eigenvalue weighted by Gasteiger charge is -2.32. The Morgan fingerprint density at radius 3 is 2.91 bits per heavy atom. The van der Waals surface area contributed by atoms with Crippen LogP contribution >= 0.6 is 0 Å². The molecule has 0 aliphatic carbocycles. The van der Waals surface area contributed by atoms with Gasteiger partial charge in [0.05, 0.1) is 12.7 Å². The Balaban J connectivity index is 1.38. The first-order valence-electron chi connectivity index (χ1n) is 9.10. The molecule has 1 N–H and O–H groups in total. The number of ether oxygens (including phenoxy) is 2. The second-order valence-corrected chi connectivity index (χ2v) is 6.76. The Hall–Kier alpha value is -1.10. The van der Waals surface area contributed by atoms with E-state index in [0.29, 0.717) is 6.10 Å². The van der Waals surface area contributed by atoms with Gasteiger partial charge in [0, 0.05) is 19.6 Å². The van der Waals surface area contributed by atoms with Crippen molar-refractivity contribution in [2.24, 2.45) is 5.92 Å². The summed E-state index contributed by atoms with van der Waals surface area (Å²) in [6.45, 7) is 9.17. The van der Waals surface area contributed by atoms with Crippen LogP contribution in [0.3, 0.4) is 0 Å². The average Bonchev–Trinajstić information content (AvgIpc) is 3.10. The standard InChI is InChI=1S/C19H30N2O2/c1-2-18-15-21(9-11-22-18)10-12-23-19-5-3-16(4-6-19)13-17-7-8-20-14-17/h3-6,17-18,20H,2,7-15H2,1H3. The number of hydrogen-bond donors (Lipinski definition) is 1. The van der Waals surface area contributed by atoms with Crippen LogP contribution in [0.15, 0.2) is 24.3 Å². The fraction of sp³-hybridized carbons (Fsp3) is 0.684. The molecule has 3 rings (SSSR count). The third-order valence-corrected chi connectivity index (χ3v) is 4.96. The van der Waals surface area contributed by atoms with E-state index in [9.17, 15) is 0 Å². The Bertz CT molecular complexity index is 457. The summed E-state index contributed by atoms with van der Waals surface area (Å²) in [5.74, 6) is 1.79. The molecule has 0 spiro atoms. The Labute approximate surface area is 140 Å². The number of morpholine rings is 1. The molecule has 1 aromatic carbocycles. The van der Waals surface area contributed by atoms with Crippen LogP contribution in [-0.2, 0) is 11.2 Å². The molecule has 2 unspecified atom stereocenters. The van der Waals surface area contributed by atoms with Gasteiger partial charge in [-0.15, -0.1) is 0 Å². The molecule has 2 aliphatic heterocycles. The third kappa shape index (κ3) is 5.20. The lowest BCUT2D eigenvalue weighted by atomic mass is 9.99. The highest BCUT2D eigenvalue weighted by molar-refractivity contribution is 5.27. The van der Waals surface area contributed by atoms with Crippen molar-refractivity contribution in [3.8, 4) is 5.75 Å². The van der Waals surface area contributed by atoms with Crippen LogP contribution in [0.2, 0.25) is 0 Å². The molecule has 4 nitrogen and oxygen atoms in total. The van der Waals surface area contributed by atoms with E-state index in [1.54, 1.807) is 0 Å². The molecule has 1 aromatic rings. The summed E-state index contributed by atoms with van der Waals surface area (Å²) in [4.78, 5) is 2.44. The summed E-state index contributed by atoms with van der Waals surface area (Å²) >= 11 is 0. The van der Waals surface area contributed by atoms with Crippen molar-refractivity contribution >= 4 is 0 Å². The predicted octanol–water partition coefficient (Wildman–Crippen LogP) is 2.33. The van der Waals surface area contributed by atoms with Gasteiger partial charge in [-0.05, 0) is 56.0 Å². The lowest BCUT2D eigenvalue weighted by molar-refractivity contribution is -0.0324. The maximum Gasteiger partial charge on any atom is 0.119 e. The maximum absolute atomic E-state index is 5.91. The highest BCUT2D eigenvalue weighted by Gasteiger charge is 2.18. The van der Waals surface area contributed by atoms with Crippen molar-refractivity contribution in [2.45, 2.75) is 32.3 Å². The van der Waals surface area contributed by atoms with Crippen molar-refractivity contribution in [3.05, 3.63) is 29.8 Å². The van der Waals surface area contributed by atoms with Crippen LogP contribution in [0.4, 0.5) is 0 Å². The highest BCUT2D eigenvalue weighted by atomic mass is 16.5. The van der Waals surface area contributed by atoms with E-state index >= 15 is 0 Å². The molecule has 2 fully saturated rings. The molecule has 0 aromatic heterocycles. The van der Waals surface area contributed by atoms with Crippen LogP contribution < -0.4 is 10.1 Å². The molecule has 0 amide bonds. The molecular weight excluding hydrogens is 288 g/mol. The molecule has 0 radical (unpaired) electrons. The van der Waals surface area contributed by atoms with E-state index in [4.69, 9.17) is 9.47 Å². The number of benzene rings is 1. The van der Waals surface area contributed by atoms with Crippen LogP contribution in [0.25, 0.3) is 0 Å². The van der Waals surface area contributed by atoms with E-state index in [0.717, 1.165) is 57.5 Å². The summed E-state index contributed by atoms with van der Waals surface area (Å²) in [6, 6.07) is 8.67. The van der Waals surface area contributed by atoms with Gasteiger partial charge in [0.25, 0.3) is 0 Å². The third-order valence-electron chi connectivity index (χ3n) is 4.96. The monoisotopic (exact) mass is 318 g/mol. The van der Waals surface area contributed by atoms with Crippen molar-refractivity contribution in [2.75, 3.05) is 45.9 Å². The van der Waals surface area contributed by atoms with Crippen molar-refractivity contribution in [3.63, 3.8) is 0 Å². The molecule has 2 atom stereocenters. The fourth-order valence-electron chi connectivity index (χ4n) is 3.47. The van der Waals surface area contributed by atoms with Crippen molar-refractivity contribution < 1.29 is 9.47 Å². The zero-order valence-corrected chi connectivity index (χ0v) is 14.3. The fourth-order valence-corrected chi connectivity index (χ4v) is 3.47. The van der Waals surface area contributed by atoms with Gasteiger partial charge in [-0.2, -0.15) is 0 Å². The van der Waals surface area contributed by atoms with E-state index in [1.807, 2.05) is 0 Å². The van der Waals surface area contributed by atoms with Gasteiger partial charge in [0.1, 0.15) is 12.4 Å². The van der Waals surface area contributed by atoms with Gasteiger partial charge < -0.3 is 14.8 Å².